The number of alkyl halides is 1. The Hall–Kier alpha value is -1.57. The van der Waals surface area contributed by atoms with Crippen LogP contribution in [0.4, 0.5) is 0 Å². The summed E-state index contributed by atoms with van der Waals surface area (Å²) in [5, 5.41) is 11.5. The standard InChI is InChI=1S/C12H13ClN2O2/c1-17-8-11(6-13)15-12(16)10-4-2-3-9(5-10)7-14/h2-5,11H,6,8H2,1H3,(H,15,16). The first-order chi connectivity index (χ1) is 8.21. The van der Waals surface area contributed by atoms with Crippen LogP contribution in [0.2, 0.25) is 0 Å². The summed E-state index contributed by atoms with van der Waals surface area (Å²) in [6, 6.07) is 8.24. The van der Waals surface area contributed by atoms with E-state index in [-0.39, 0.29) is 17.8 Å². The molecule has 0 saturated heterocycles. The maximum Gasteiger partial charge on any atom is 0.251 e. The maximum atomic E-state index is 11.8. The van der Waals surface area contributed by atoms with Gasteiger partial charge in [-0.1, -0.05) is 6.07 Å². The number of halogens is 1. The van der Waals surface area contributed by atoms with Crippen molar-refractivity contribution in [3.05, 3.63) is 35.4 Å². The Bertz CT molecular complexity index is 429. The zero-order chi connectivity index (χ0) is 12.7. The number of hydrogen-bond donors (Lipinski definition) is 1. The SMILES string of the molecule is COCC(CCl)NC(=O)c1cccc(C#N)c1. The Morgan fingerprint density at radius 1 is 1.65 bits per heavy atom. The van der Waals surface area contributed by atoms with Gasteiger partial charge in [0.25, 0.3) is 5.91 Å². The first kappa shape index (κ1) is 13.5. The van der Waals surface area contributed by atoms with E-state index in [9.17, 15) is 4.79 Å². The van der Waals surface area contributed by atoms with Crippen LogP contribution in [0.25, 0.3) is 0 Å². The molecule has 1 atom stereocenters. The Morgan fingerprint density at radius 3 is 3.00 bits per heavy atom. The summed E-state index contributed by atoms with van der Waals surface area (Å²) >= 11 is 5.69. The minimum Gasteiger partial charge on any atom is -0.383 e. The van der Waals surface area contributed by atoms with Crippen LogP contribution in [-0.2, 0) is 4.74 Å². The van der Waals surface area contributed by atoms with Crippen molar-refractivity contribution in [3.63, 3.8) is 0 Å². The molecule has 1 aromatic carbocycles. The minimum absolute atomic E-state index is 0.236. The number of rotatable bonds is 5. The molecule has 0 heterocycles. The number of carbonyl (C=O) groups excluding carboxylic acids is 1. The van der Waals surface area contributed by atoms with E-state index in [2.05, 4.69) is 5.32 Å². The Kier molecular flexibility index (Phi) is 5.47. The molecule has 1 amide bonds. The van der Waals surface area contributed by atoms with Gasteiger partial charge in [-0.15, -0.1) is 11.6 Å². The molecule has 90 valence electrons. The van der Waals surface area contributed by atoms with E-state index in [1.54, 1.807) is 25.3 Å². The van der Waals surface area contributed by atoms with Gasteiger partial charge in [0.2, 0.25) is 0 Å². The third-order valence-corrected chi connectivity index (χ3v) is 2.52. The molecule has 0 aliphatic rings. The van der Waals surface area contributed by atoms with Gasteiger partial charge >= 0.3 is 0 Å². The second-order valence-electron chi connectivity index (χ2n) is 3.47. The maximum absolute atomic E-state index is 11.8. The number of nitrogens with zero attached hydrogens (tertiary/aromatic N) is 1. The number of nitrogens with one attached hydrogen (secondary N) is 1. The predicted octanol–water partition coefficient (Wildman–Crippen LogP) is 1.54. The molecule has 4 nitrogen and oxygen atoms in total. The molecule has 0 bridgehead atoms. The summed E-state index contributed by atoms with van der Waals surface area (Å²) in [7, 11) is 1.54. The van der Waals surface area contributed by atoms with Crippen LogP contribution in [0.15, 0.2) is 24.3 Å². The Balaban J connectivity index is 2.72. The van der Waals surface area contributed by atoms with E-state index >= 15 is 0 Å². The van der Waals surface area contributed by atoms with Gasteiger partial charge in [0.05, 0.1) is 24.3 Å². The summed E-state index contributed by atoms with van der Waals surface area (Å²) in [5.74, 6) is 0.0159. The highest BCUT2D eigenvalue weighted by Gasteiger charge is 2.12. The smallest absolute Gasteiger partial charge is 0.251 e. The third-order valence-electron chi connectivity index (χ3n) is 2.14. The van der Waals surface area contributed by atoms with Crippen molar-refractivity contribution in [1.82, 2.24) is 5.32 Å². The van der Waals surface area contributed by atoms with Crippen molar-refractivity contribution in [2.24, 2.45) is 0 Å². The fourth-order valence-electron chi connectivity index (χ4n) is 1.32. The lowest BCUT2D eigenvalue weighted by molar-refractivity contribution is 0.0907. The number of nitriles is 1. The molecule has 0 aromatic heterocycles. The second-order valence-corrected chi connectivity index (χ2v) is 3.78. The zero-order valence-corrected chi connectivity index (χ0v) is 10.2. The van der Waals surface area contributed by atoms with Crippen LogP contribution in [0.5, 0.6) is 0 Å². The van der Waals surface area contributed by atoms with Crippen molar-refractivity contribution in [3.8, 4) is 6.07 Å². The number of hydrogen-bond acceptors (Lipinski definition) is 3. The summed E-state index contributed by atoms with van der Waals surface area (Å²) in [5.41, 5.74) is 0.891. The average Bonchev–Trinajstić information content (AvgIpc) is 2.38. The molecule has 5 heteroatoms. The van der Waals surface area contributed by atoms with Crippen molar-refractivity contribution in [2.45, 2.75) is 6.04 Å². The summed E-state index contributed by atoms with van der Waals surface area (Å²) in [6.45, 7) is 0.354. The lowest BCUT2D eigenvalue weighted by Gasteiger charge is -2.14. The van der Waals surface area contributed by atoms with Gasteiger partial charge in [0, 0.05) is 18.6 Å². The largest absolute Gasteiger partial charge is 0.383 e. The molecule has 1 unspecified atom stereocenters. The molecule has 0 saturated carbocycles. The number of carbonyl (C=O) groups is 1. The predicted molar refractivity (Wildman–Crippen MR) is 65.0 cm³/mol. The number of methoxy groups -OCH3 is 1. The number of ether oxygens (including phenoxy) is 1. The fraction of sp³-hybridized carbons (Fsp3) is 0.333. The lowest BCUT2D eigenvalue weighted by atomic mass is 10.1. The van der Waals surface area contributed by atoms with Gasteiger partial charge in [0.15, 0.2) is 0 Å². The fourth-order valence-corrected chi connectivity index (χ4v) is 1.49. The van der Waals surface area contributed by atoms with E-state index in [1.807, 2.05) is 6.07 Å². The van der Waals surface area contributed by atoms with Crippen molar-refractivity contribution in [2.75, 3.05) is 19.6 Å². The first-order valence-corrected chi connectivity index (χ1v) is 5.60. The van der Waals surface area contributed by atoms with Crippen molar-refractivity contribution < 1.29 is 9.53 Å². The van der Waals surface area contributed by atoms with E-state index in [0.29, 0.717) is 17.7 Å². The highest BCUT2D eigenvalue weighted by Crippen LogP contribution is 2.04. The highest BCUT2D eigenvalue weighted by molar-refractivity contribution is 6.18. The molecule has 0 fully saturated rings. The molecule has 0 radical (unpaired) electrons. The van der Waals surface area contributed by atoms with E-state index in [1.165, 1.54) is 6.07 Å². The Labute approximate surface area is 105 Å². The van der Waals surface area contributed by atoms with E-state index in [0.717, 1.165) is 0 Å². The molecular weight excluding hydrogens is 240 g/mol. The van der Waals surface area contributed by atoms with Crippen LogP contribution in [0.3, 0.4) is 0 Å². The summed E-state index contributed by atoms with van der Waals surface area (Å²) in [4.78, 5) is 11.8. The van der Waals surface area contributed by atoms with E-state index in [4.69, 9.17) is 21.6 Å². The van der Waals surface area contributed by atoms with Gasteiger partial charge in [-0.05, 0) is 18.2 Å². The molecule has 0 aliphatic heterocycles. The van der Waals surface area contributed by atoms with Crippen LogP contribution in [0.1, 0.15) is 15.9 Å². The molecule has 17 heavy (non-hydrogen) atoms. The van der Waals surface area contributed by atoms with Crippen molar-refractivity contribution >= 4 is 17.5 Å². The molecule has 1 aromatic rings. The van der Waals surface area contributed by atoms with Crippen LogP contribution in [0, 0.1) is 11.3 Å². The molecule has 1 N–H and O–H groups in total. The number of benzene rings is 1. The van der Waals surface area contributed by atoms with Crippen LogP contribution >= 0.6 is 11.6 Å². The second kappa shape index (κ2) is 6.89. The molecule has 0 spiro atoms. The van der Waals surface area contributed by atoms with Gasteiger partial charge < -0.3 is 10.1 Å². The minimum atomic E-state index is -0.259. The quantitative estimate of drug-likeness (QED) is 0.809. The topological polar surface area (TPSA) is 62.1 Å². The average molecular weight is 253 g/mol. The first-order valence-electron chi connectivity index (χ1n) is 5.07. The van der Waals surface area contributed by atoms with Crippen LogP contribution in [-0.4, -0.2) is 31.5 Å². The zero-order valence-electron chi connectivity index (χ0n) is 9.44. The Morgan fingerprint density at radius 2 is 2.41 bits per heavy atom. The van der Waals surface area contributed by atoms with Crippen LogP contribution < -0.4 is 5.32 Å². The van der Waals surface area contributed by atoms with Gasteiger partial charge in [0.1, 0.15) is 0 Å². The number of amides is 1. The van der Waals surface area contributed by atoms with Gasteiger partial charge in [-0.25, -0.2) is 0 Å². The summed E-state index contributed by atoms with van der Waals surface area (Å²) in [6.07, 6.45) is 0. The molecular formula is C12H13ClN2O2. The molecule has 0 aliphatic carbocycles. The normalized spacial score (nSPS) is 11.6. The third kappa shape index (κ3) is 4.06. The van der Waals surface area contributed by atoms with Gasteiger partial charge in [-0.3, -0.25) is 4.79 Å². The van der Waals surface area contributed by atoms with Gasteiger partial charge in [-0.2, -0.15) is 5.26 Å². The van der Waals surface area contributed by atoms with E-state index < -0.39 is 0 Å². The van der Waals surface area contributed by atoms with Crippen molar-refractivity contribution in [1.29, 1.82) is 5.26 Å². The monoisotopic (exact) mass is 252 g/mol. The lowest BCUT2D eigenvalue weighted by Crippen LogP contribution is -2.39. The summed E-state index contributed by atoms with van der Waals surface area (Å²) < 4.78 is 4.93. The highest BCUT2D eigenvalue weighted by atomic mass is 35.5. The molecule has 1 rings (SSSR count).